The van der Waals surface area contributed by atoms with Crippen LogP contribution in [-0.2, 0) is 12.7 Å². The van der Waals surface area contributed by atoms with Crippen molar-refractivity contribution in [2.45, 2.75) is 39.0 Å². The van der Waals surface area contributed by atoms with Crippen LogP contribution in [0.3, 0.4) is 0 Å². The SMILES string of the molecule is CC(C)N1CCC(CNCc2cccc(C(F)(F)F)c2)C1. The van der Waals surface area contributed by atoms with Crippen LogP contribution in [-0.4, -0.2) is 30.6 Å². The fraction of sp³-hybridized carbons (Fsp3) is 0.625. The second-order valence-corrected chi connectivity index (χ2v) is 6.07. The number of benzene rings is 1. The number of rotatable bonds is 5. The molecular formula is C16H23F3N2. The molecule has 1 fully saturated rings. The lowest BCUT2D eigenvalue weighted by atomic mass is 10.1. The Labute approximate surface area is 124 Å². The molecule has 0 aromatic heterocycles. The van der Waals surface area contributed by atoms with Crippen LogP contribution in [0, 0.1) is 5.92 Å². The Bertz CT molecular complexity index is 457. The largest absolute Gasteiger partial charge is 0.416 e. The quantitative estimate of drug-likeness (QED) is 0.895. The minimum atomic E-state index is -4.26. The van der Waals surface area contributed by atoms with E-state index in [0.29, 0.717) is 24.1 Å². The van der Waals surface area contributed by atoms with E-state index in [0.717, 1.165) is 32.1 Å². The molecule has 1 atom stereocenters. The van der Waals surface area contributed by atoms with Crippen molar-refractivity contribution >= 4 is 0 Å². The first kappa shape index (κ1) is 16.3. The summed E-state index contributed by atoms with van der Waals surface area (Å²) in [6.07, 6.45) is -3.10. The first-order valence-electron chi connectivity index (χ1n) is 7.47. The van der Waals surface area contributed by atoms with Crippen molar-refractivity contribution in [1.29, 1.82) is 0 Å². The van der Waals surface area contributed by atoms with Gasteiger partial charge in [-0.15, -0.1) is 0 Å². The number of nitrogens with one attached hydrogen (secondary N) is 1. The minimum Gasteiger partial charge on any atom is -0.312 e. The lowest BCUT2D eigenvalue weighted by Gasteiger charge is -2.20. The van der Waals surface area contributed by atoms with Crippen molar-refractivity contribution in [3.05, 3.63) is 35.4 Å². The zero-order valence-corrected chi connectivity index (χ0v) is 12.6. The summed E-state index contributed by atoms with van der Waals surface area (Å²) in [7, 11) is 0. The van der Waals surface area contributed by atoms with Crippen LogP contribution >= 0.6 is 0 Å². The molecule has 0 aliphatic carbocycles. The van der Waals surface area contributed by atoms with Gasteiger partial charge in [0.05, 0.1) is 5.56 Å². The van der Waals surface area contributed by atoms with Crippen molar-refractivity contribution in [2.75, 3.05) is 19.6 Å². The predicted octanol–water partition coefficient (Wildman–Crippen LogP) is 3.53. The second kappa shape index (κ2) is 6.79. The van der Waals surface area contributed by atoms with Crippen LogP contribution in [0.15, 0.2) is 24.3 Å². The number of halogens is 3. The Hall–Kier alpha value is -1.07. The highest BCUT2D eigenvalue weighted by Crippen LogP contribution is 2.29. The molecule has 2 rings (SSSR count). The van der Waals surface area contributed by atoms with E-state index in [9.17, 15) is 13.2 Å². The van der Waals surface area contributed by atoms with Crippen molar-refractivity contribution in [3.63, 3.8) is 0 Å². The first-order chi connectivity index (χ1) is 9.86. The van der Waals surface area contributed by atoms with E-state index in [1.807, 2.05) is 0 Å². The summed E-state index contributed by atoms with van der Waals surface area (Å²) < 4.78 is 37.9. The molecule has 0 amide bonds. The maximum Gasteiger partial charge on any atom is 0.416 e. The van der Waals surface area contributed by atoms with E-state index < -0.39 is 11.7 Å². The number of alkyl halides is 3. The van der Waals surface area contributed by atoms with Gasteiger partial charge in [-0.1, -0.05) is 18.2 Å². The van der Waals surface area contributed by atoms with E-state index in [4.69, 9.17) is 0 Å². The number of nitrogens with zero attached hydrogens (tertiary/aromatic N) is 1. The summed E-state index contributed by atoms with van der Waals surface area (Å²) in [6, 6.07) is 6.11. The zero-order chi connectivity index (χ0) is 15.5. The van der Waals surface area contributed by atoms with E-state index in [2.05, 4.69) is 24.1 Å². The molecule has 2 nitrogen and oxygen atoms in total. The van der Waals surface area contributed by atoms with Crippen LogP contribution in [0.5, 0.6) is 0 Å². The molecule has 1 unspecified atom stereocenters. The van der Waals surface area contributed by atoms with Gasteiger partial charge in [0.25, 0.3) is 0 Å². The standard InChI is InChI=1S/C16H23F3N2/c1-12(2)21-7-6-14(11-21)10-20-9-13-4-3-5-15(8-13)16(17,18)19/h3-5,8,12,14,20H,6-7,9-11H2,1-2H3. The van der Waals surface area contributed by atoms with Crippen LogP contribution in [0.4, 0.5) is 13.2 Å². The topological polar surface area (TPSA) is 15.3 Å². The molecule has 1 aliphatic rings. The predicted molar refractivity (Wildman–Crippen MR) is 78.0 cm³/mol. The summed E-state index contributed by atoms with van der Waals surface area (Å²) in [5, 5.41) is 3.29. The molecule has 1 aromatic carbocycles. The molecule has 1 aromatic rings. The summed E-state index contributed by atoms with van der Waals surface area (Å²) in [6.45, 7) is 7.93. The highest BCUT2D eigenvalue weighted by Gasteiger charge is 2.30. The summed E-state index contributed by atoms with van der Waals surface area (Å²) in [4.78, 5) is 2.44. The van der Waals surface area contributed by atoms with Gasteiger partial charge in [0, 0.05) is 19.1 Å². The normalized spacial score (nSPS) is 20.4. The molecule has 0 saturated carbocycles. The van der Waals surface area contributed by atoms with Gasteiger partial charge in [-0.25, -0.2) is 0 Å². The van der Waals surface area contributed by atoms with E-state index in [-0.39, 0.29) is 0 Å². The van der Waals surface area contributed by atoms with Gasteiger partial charge < -0.3 is 10.2 Å². The smallest absolute Gasteiger partial charge is 0.312 e. The van der Waals surface area contributed by atoms with Crippen LogP contribution in [0.2, 0.25) is 0 Å². The third-order valence-corrected chi connectivity index (χ3v) is 4.06. The van der Waals surface area contributed by atoms with Gasteiger partial charge >= 0.3 is 6.18 Å². The van der Waals surface area contributed by atoms with Crippen LogP contribution in [0.25, 0.3) is 0 Å². The average Bonchev–Trinajstić information content (AvgIpc) is 2.87. The molecule has 1 saturated heterocycles. The Morgan fingerprint density at radius 1 is 1.33 bits per heavy atom. The Kier molecular flexibility index (Phi) is 5.27. The van der Waals surface area contributed by atoms with Crippen molar-refractivity contribution in [1.82, 2.24) is 10.2 Å². The second-order valence-electron chi connectivity index (χ2n) is 6.07. The zero-order valence-electron chi connectivity index (χ0n) is 12.6. The number of likely N-dealkylation sites (tertiary alicyclic amines) is 1. The highest BCUT2D eigenvalue weighted by atomic mass is 19.4. The summed E-state index contributed by atoms with van der Waals surface area (Å²) in [5.74, 6) is 0.596. The van der Waals surface area contributed by atoms with Crippen molar-refractivity contribution in [3.8, 4) is 0 Å². The third kappa shape index (κ3) is 4.71. The average molecular weight is 300 g/mol. The lowest BCUT2D eigenvalue weighted by Crippen LogP contribution is -2.30. The molecule has 1 N–H and O–H groups in total. The van der Waals surface area contributed by atoms with E-state index in [1.54, 1.807) is 6.07 Å². The van der Waals surface area contributed by atoms with Gasteiger partial charge in [-0.05, 0) is 50.9 Å². The van der Waals surface area contributed by atoms with Gasteiger partial charge in [0.15, 0.2) is 0 Å². The van der Waals surface area contributed by atoms with Gasteiger partial charge in [0.2, 0.25) is 0 Å². The van der Waals surface area contributed by atoms with E-state index >= 15 is 0 Å². The first-order valence-corrected chi connectivity index (χ1v) is 7.47. The molecule has 0 bridgehead atoms. The maximum atomic E-state index is 12.6. The fourth-order valence-corrected chi connectivity index (χ4v) is 2.78. The number of hydrogen-bond donors (Lipinski definition) is 1. The lowest BCUT2D eigenvalue weighted by molar-refractivity contribution is -0.137. The Morgan fingerprint density at radius 3 is 2.71 bits per heavy atom. The Balaban J connectivity index is 1.79. The molecule has 0 radical (unpaired) electrons. The third-order valence-electron chi connectivity index (χ3n) is 4.06. The van der Waals surface area contributed by atoms with Crippen molar-refractivity contribution < 1.29 is 13.2 Å². The molecule has 21 heavy (non-hydrogen) atoms. The molecule has 118 valence electrons. The number of hydrogen-bond acceptors (Lipinski definition) is 2. The van der Waals surface area contributed by atoms with Crippen LogP contribution < -0.4 is 5.32 Å². The van der Waals surface area contributed by atoms with E-state index in [1.165, 1.54) is 12.1 Å². The summed E-state index contributed by atoms with van der Waals surface area (Å²) >= 11 is 0. The molecule has 0 spiro atoms. The molecule has 1 heterocycles. The minimum absolute atomic E-state index is 0.488. The molecule has 5 heteroatoms. The van der Waals surface area contributed by atoms with Gasteiger partial charge in [-0.3, -0.25) is 0 Å². The highest BCUT2D eigenvalue weighted by molar-refractivity contribution is 5.25. The molecular weight excluding hydrogens is 277 g/mol. The van der Waals surface area contributed by atoms with Crippen LogP contribution in [0.1, 0.15) is 31.4 Å². The monoisotopic (exact) mass is 300 g/mol. The van der Waals surface area contributed by atoms with Gasteiger partial charge in [-0.2, -0.15) is 13.2 Å². The van der Waals surface area contributed by atoms with Gasteiger partial charge in [0.1, 0.15) is 0 Å². The fourth-order valence-electron chi connectivity index (χ4n) is 2.78. The molecule has 1 aliphatic heterocycles. The van der Waals surface area contributed by atoms with Crippen molar-refractivity contribution in [2.24, 2.45) is 5.92 Å². The summed E-state index contributed by atoms with van der Waals surface area (Å²) in [5.41, 5.74) is 0.109. The maximum absolute atomic E-state index is 12.6. The Morgan fingerprint density at radius 2 is 2.10 bits per heavy atom.